The minimum atomic E-state index is -0.0448. The van der Waals surface area contributed by atoms with Crippen molar-refractivity contribution in [1.82, 2.24) is 14.8 Å². The third-order valence-electron chi connectivity index (χ3n) is 4.89. The van der Waals surface area contributed by atoms with Crippen LogP contribution in [0.2, 0.25) is 0 Å². The lowest BCUT2D eigenvalue weighted by Gasteiger charge is -2.28. The standard InChI is InChI=1S/C20H22N4O/c1-23-10-8-18(19(23)17-7-4-9-22-13-17)14-24(2)20(25)16-6-3-5-15(11-16)12-21/h3-7,9,11,13,18-19H,8,10,14H2,1-2H3/t18-,19-/m0/s1. The van der Waals surface area contributed by atoms with Gasteiger partial charge < -0.3 is 4.90 Å². The normalized spacial score (nSPS) is 20.2. The predicted octanol–water partition coefficient (Wildman–Crippen LogP) is 2.72. The minimum absolute atomic E-state index is 0.0448. The van der Waals surface area contributed by atoms with Gasteiger partial charge in [-0.25, -0.2) is 0 Å². The molecular weight excluding hydrogens is 312 g/mol. The zero-order chi connectivity index (χ0) is 17.8. The lowest BCUT2D eigenvalue weighted by Crippen LogP contribution is -2.34. The molecule has 25 heavy (non-hydrogen) atoms. The Balaban J connectivity index is 1.74. The number of hydrogen-bond donors (Lipinski definition) is 0. The molecule has 5 heteroatoms. The van der Waals surface area contributed by atoms with E-state index in [-0.39, 0.29) is 11.9 Å². The van der Waals surface area contributed by atoms with Crippen molar-refractivity contribution in [3.8, 4) is 6.07 Å². The van der Waals surface area contributed by atoms with Crippen molar-refractivity contribution in [2.45, 2.75) is 12.5 Å². The molecule has 0 radical (unpaired) electrons. The number of hydrogen-bond acceptors (Lipinski definition) is 4. The molecule has 0 spiro atoms. The van der Waals surface area contributed by atoms with Gasteiger partial charge in [0.1, 0.15) is 0 Å². The van der Waals surface area contributed by atoms with Gasteiger partial charge in [0.25, 0.3) is 5.91 Å². The molecule has 0 bridgehead atoms. The highest BCUT2D eigenvalue weighted by molar-refractivity contribution is 5.94. The maximum atomic E-state index is 12.7. The summed E-state index contributed by atoms with van der Waals surface area (Å²) in [7, 11) is 3.95. The number of nitrogens with zero attached hydrogens (tertiary/aromatic N) is 4. The number of amides is 1. The molecule has 2 heterocycles. The Hall–Kier alpha value is -2.71. The first-order valence-corrected chi connectivity index (χ1v) is 8.46. The first-order chi connectivity index (χ1) is 12.1. The summed E-state index contributed by atoms with van der Waals surface area (Å²) in [5.74, 6) is 0.318. The molecule has 2 atom stereocenters. The summed E-state index contributed by atoms with van der Waals surface area (Å²) in [6.07, 6.45) is 4.74. The number of nitriles is 1. The van der Waals surface area contributed by atoms with Crippen molar-refractivity contribution in [3.63, 3.8) is 0 Å². The SMILES string of the molecule is CN(C[C@@H]1CCN(C)[C@H]1c1cccnc1)C(=O)c1cccc(C#N)c1. The van der Waals surface area contributed by atoms with Gasteiger partial charge in [-0.3, -0.25) is 14.7 Å². The van der Waals surface area contributed by atoms with Gasteiger partial charge in [0.05, 0.1) is 11.6 Å². The zero-order valence-corrected chi connectivity index (χ0v) is 14.6. The third kappa shape index (κ3) is 3.70. The van der Waals surface area contributed by atoms with Gasteiger partial charge in [-0.15, -0.1) is 0 Å². The average Bonchev–Trinajstić information content (AvgIpc) is 3.02. The molecule has 0 aliphatic carbocycles. The molecule has 128 valence electrons. The maximum absolute atomic E-state index is 12.7. The van der Waals surface area contributed by atoms with Crippen LogP contribution in [0.3, 0.4) is 0 Å². The van der Waals surface area contributed by atoms with Crippen LogP contribution in [0.15, 0.2) is 48.8 Å². The Kier molecular flexibility index (Phi) is 5.11. The lowest BCUT2D eigenvalue weighted by molar-refractivity contribution is 0.0761. The van der Waals surface area contributed by atoms with Gasteiger partial charge in [0.15, 0.2) is 0 Å². The molecule has 0 N–H and O–H groups in total. The van der Waals surface area contributed by atoms with Crippen LogP contribution in [-0.2, 0) is 0 Å². The molecule has 0 unspecified atom stereocenters. The third-order valence-corrected chi connectivity index (χ3v) is 4.89. The van der Waals surface area contributed by atoms with E-state index in [2.05, 4.69) is 29.1 Å². The van der Waals surface area contributed by atoms with Crippen LogP contribution in [-0.4, -0.2) is 47.9 Å². The van der Waals surface area contributed by atoms with E-state index in [4.69, 9.17) is 5.26 Å². The van der Waals surface area contributed by atoms with Crippen molar-refractivity contribution < 1.29 is 4.79 Å². The average molecular weight is 334 g/mol. The van der Waals surface area contributed by atoms with Crippen LogP contribution in [0, 0.1) is 17.2 Å². The number of aromatic nitrogens is 1. The Morgan fingerprint density at radius 2 is 2.24 bits per heavy atom. The fraction of sp³-hybridized carbons (Fsp3) is 0.350. The second-order valence-corrected chi connectivity index (χ2v) is 6.64. The molecule has 2 aromatic rings. The van der Waals surface area contributed by atoms with Gasteiger partial charge in [-0.2, -0.15) is 5.26 Å². The molecule has 1 aliphatic heterocycles. The molecule has 0 saturated carbocycles. The topological polar surface area (TPSA) is 60.2 Å². The van der Waals surface area contributed by atoms with Gasteiger partial charge in [0, 0.05) is 37.6 Å². The van der Waals surface area contributed by atoms with E-state index < -0.39 is 0 Å². The number of pyridine rings is 1. The van der Waals surface area contributed by atoms with Crippen LogP contribution in [0.5, 0.6) is 0 Å². The van der Waals surface area contributed by atoms with E-state index in [1.54, 1.807) is 35.4 Å². The van der Waals surface area contributed by atoms with Crippen molar-refractivity contribution >= 4 is 5.91 Å². The minimum Gasteiger partial charge on any atom is -0.341 e. The smallest absolute Gasteiger partial charge is 0.253 e. The Bertz CT molecular complexity index is 784. The van der Waals surface area contributed by atoms with Gasteiger partial charge in [0.2, 0.25) is 0 Å². The quantitative estimate of drug-likeness (QED) is 0.862. The highest BCUT2D eigenvalue weighted by Gasteiger charge is 2.34. The van der Waals surface area contributed by atoms with E-state index in [1.165, 1.54) is 5.56 Å². The lowest BCUT2D eigenvalue weighted by atomic mass is 9.94. The Labute approximate surface area is 148 Å². The largest absolute Gasteiger partial charge is 0.341 e. The van der Waals surface area contributed by atoms with Crippen molar-refractivity contribution in [2.75, 3.05) is 27.2 Å². The predicted molar refractivity (Wildman–Crippen MR) is 95.8 cm³/mol. The van der Waals surface area contributed by atoms with E-state index in [0.717, 1.165) is 13.0 Å². The summed E-state index contributed by atoms with van der Waals surface area (Å²) in [5.41, 5.74) is 2.26. The van der Waals surface area contributed by atoms with E-state index in [0.29, 0.717) is 23.6 Å². The zero-order valence-electron chi connectivity index (χ0n) is 14.6. The molecule has 1 aromatic carbocycles. The van der Waals surface area contributed by atoms with Crippen LogP contribution in [0.1, 0.15) is 33.9 Å². The highest BCUT2D eigenvalue weighted by atomic mass is 16.2. The monoisotopic (exact) mass is 334 g/mol. The van der Waals surface area contributed by atoms with E-state index in [9.17, 15) is 4.79 Å². The summed E-state index contributed by atoms with van der Waals surface area (Å²) in [6, 6.07) is 13.3. The van der Waals surface area contributed by atoms with Crippen LogP contribution in [0.25, 0.3) is 0 Å². The van der Waals surface area contributed by atoms with Crippen LogP contribution >= 0.6 is 0 Å². The Morgan fingerprint density at radius 1 is 1.40 bits per heavy atom. The summed E-state index contributed by atoms with van der Waals surface area (Å²) in [4.78, 5) is 21.1. The van der Waals surface area contributed by atoms with Gasteiger partial charge in [-0.05, 0) is 55.8 Å². The first-order valence-electron chi connectivity index (χ1n) is 8.46. The van der Waals surface area contributed by atoms with Crippen molar-refractivity contribution in [3.05, 3.63) is 65.5 Å². The van der Waals surface area contributed by atoms with Crippen LogP contribution in [0.4, 0.5) is 0 Å². The second kappa shape index (κ2) is 7.45. The Morgan fingerprint density at radius 3 is 2.96 bits per heavy atom. The molecule has 3 rings (SSSR count). The highest BCUT2D eigenvalue weighted by Crippen LogP contribution is 2.36. The maximum Gasteiger partial charge on any atom is 0.253 e. The van der Waals surface area contributed by atoms with Gasteiger partial charge in [-0.1, -0.05) is 12.1 Å². The molecule has 1 amide bonds. The number of benzene rings is 1. The fourth-order valence-electron chi connectivity index (χ4n) is 3.67. The van der Waals surface area contributed by atoms with Crippen molar-refractivity contribution in [2.24, 2.45) is 5.92 Å². The van der Waals surface area contributed by atoms with E-state index >= 15 is 0 Å². The first kappa shape index (κ1) is 17.1. The number of likely N-dealkylation sites (tertiary alicyclic amines) is 1. The number of carbonyl (C=O) groups is 1. The summed E-state index contributed by atoms with van der Waals surface area (Å²) < 4.78 is 0. The summed E-state index contributed by atoms with van der Waals surface area (Å²) in [5, 5.41) is 9.02. The second-order valence-electron chi connectivity index (χ2n) is 6.64. The fourth-order valence-corrected chi connectivity index (χ4v) is 3.67. The summed E-state index contributed by atoms with van der Waals surface area (Å²) >= 11 is 0. The molecule has 1 aliphatic rings. The van der Waals surface area contributed by atoms with Gasteiger partial charge >= 0.3 is 0 Å². The molecular formula is C20H22N4O. The van der Waals surface area contributed by atoms with Crippen molar-refractivity contribution in [1.29, 1.82) is 5.26 Å². The molecule has 1 saturated heterocycles. The number of rotatable bonds is 4. The molecule has 1 fully saturated rings. The molecule has 5 nitrogen and oxygen atoms in total. The van der Waals surface area contributed by atoms with E-state index in [1.807, 2.05) is 19.3 Å². The summed E-state index contributed by atoms with van der Waals surface area (Å²) in [6.45, 7) is 1.69. The number of carbonyl (C=O) groups excluding carboxylic acids is 1. The van der Waals surface area contributed by atoms with Crippen LogP contribution < -0.4 is 0 Å². The molecule has 1 aromatic heterocycles.